The van der Waals surface area contributed by atoms with Gasteiger partial charge in [0.2, 0.25) is 0 Å². The second-order valence-corrected chi connectivity index (χ2v) is 6.10. The molecule has 3 aromatic carbocycles. The molecule has 0 aromatic heterocycles. The zero-order valence-electron chi connectivity index (χ0n) is 15.7. The van der Waals surface area contributed by atoms with Gasteiger partial charge in [0.25, 0.3) is 11.8 Å². The number of aromatic hydroxyl groups is 2. The van der Waals surface area contributed by atoms with E-state index in [-0.39, 0.29) is 22.6 Å². The van der Waals surface area contributed by atoms with E-state index in [1.54, 1.807) is 60.7 Å². The summed E-state index contributed by atoms with van der Waals surface area (Å²) in [5, 5.41) is 27.6. The number of benzene rings is 3. The van der Waals surface area contributed by atoms with Gasteiger partial charge in [-0.2, -0.15) is 10.2 Å². The zero-order valence-corrected chi connectivity index (χ0v) is 15.7. The van der Waals surface area contributed by atoms with Crippen molar-refractivity contribution in [1.82, 2.24) is 10.9 Å². The van der Waals surface area contributed by atoms with Crippen LogP contribution in [0.2, 0.25) is 0 Å². The van der Waals surface area contributed by atoms with Gasteiger partial charge in [0.15, 0.2) is 0 Å². The minimum atomic E-state index is -0.407. The Morgan fingerprint density at radius 3 is 1.47 bits per heavy atom. The Hall–Kier alpha value is -4.46. The lowest BCUT2D eigenvalue weighted by atomic mass is 10.1. The number of carbonyl (C=O) groups is 2. The van der Waals surface area contributed by atoms with Crippen molar-refractivity contribution in [3.63, 3.8) is 0 Å². The Labute approximate surface area is 172 Å². The molecule has 8 nitrogen and oxygen atoms in total. The molecule has 2 amide bonds. The highest BCUT2D eigenvalue weighted by atomic mass is 16.3. The highest BCUT2D eigenvalue weighted by molar-refractivity contribution is 5.97. The van der Waals surface area contributed by atoms with Crippen LogP contribution in [0.3, 0.4) is 0 Å². The van der Waals surface area contributed by atoms with Gasteiger partial charge in [0.1, 0.15) is 11.5 Å². The molecule has 0 bridgehead atoms. The van der Waals surface area contributed by atoms with Gasteiger partial charge in [-0.3, -0.25) is 9.59 Å². The Morgan fingerprint density at radius 1 is 0.667 bits per heavy atom. The molecule has 30 heavy (non-hydrogen) atoms. The third kappa shape index (κ3) is 5.29. The van der Waals surface area contributed by atoms with Crippen molar-refractivity contribution in [3.8, 4) is 11.5 Å². The second kappa shape index (κ2) is 9.65. The molecule has 3 rings (SSSR count). The largest absolute Gasteiger partial charge is 0.507 e. The second-order valence-electron chi connectivity index (χ2n) is 6.10. The van der Waals surface area contributed by atoms with E-state index in [1.165, 1.54) is 18.5 Å². The van der Waals surface area contributed by atoms with Gasteiger partial charge in [-0.05, 0) is 30.3 Å². The lowest BCUT2D eigenvalue weighted by Gasteiger charge is -2.05. The summed E-state index contributed by atoms with van der Waals surface area (Å²) in [6.07, 6.45) is 2.46. The fourth-order valence-electron chi connectivity index (χ4n) is 2.45. The first-order valence-corrected chi connectivity index (χ1v) is 8.87. The summed E-state index contributed by atoms with van der Waals surface area (Å²) >= 11 is 0. The Morgan fingerprint density at radius 2 is 1.07 bits per heavy atom. The van der Waals surface area contributed by atoms with Crippen LogP contribution in [-0.2, 0) is 0 Å². The van der Waals surface area contributed by atoms with E-state index in [9.17, 15) is 19.8 Å². The van der Waals surface area contributed by atoms with Crippen molar-refractivity contribution in [3.05, 3.63) is 95.1 Å². The number of nitrogens with one attached hydrogen (secondary N) is 2. The van der Waals surface area contributed by atoms with E-state index < -0.39 is 11.8 Å². The van der Waals surface area contributed by atoms with E-state index in [0.29, 0.717) is 11.1 Å². The number of hydrazone groups is 2. The lowest BCUT2D eigenvalue weighted by Crippen LogP contribution is -2.17. The molecule has 0 heterocycles. The number of nitrogens with zero attached hydrogens (tertiary/aromatic N) is 2. The molecule has 0 aliphatic heterocycles. The SMILES string of the molecule is O=C(N/N=C/c1cc(/C=N/NC(=O)c2ccccc2)c(O)cc1O)c1ccccc1. The normalized spacial score (nSPS) is 10.9. The van der Waals surface area contributed by atoms with Gasteiger partial charge in [-0.15, -0.1) is 0 Å². The van der Waals surface area contributed by atoms with Crippen molar-refractivity contribution in [2.45, 2.75) is 0 Å². The fraction of sp³-hybridized carbons (Fsp3) is 0. The van der Waals surface area contributed by atoms with E-state index in [0.717, 1.165) is 6.07 Å². The summed E-state index contributed by atoms with van der Waals surface area (Å²) in [6, 6.07) is 19.6. The number of amides is 2. The summed E-state index contributed by atoms with van der Waals surface area (Å²) in [5.41, 5.74) is 6.04. The molecule has 8 heteroatoms. The van der Waals surface area contributed by atoms with Crippen molar-refractivity contribution in [2.75, 3.05) is 0 Å². The van der Waals surface area contributed by atoms with Crippen molar-refractivity contribution in [2.24, 2.45) is 10.2 Å². The Kier molecular flexibility index (Phi) is 6.52. The molecule has 0 spiro atoms. The number of phenolic OH excluding ortho intramolecular Hbond substituents is 2. The number of carbonyl (C=O) groups excluding carboxylic acids is 2. The minimum Gasteiger partial charge on any atom is -0.507 e. The van der Waals surface area contributed by atoms with Gasteiger partial charge in [0.05, 0.1) is 12.4 Å². The predicted molar refractivity (Wildman–Crippen MR) is 113 cm³/mol. The molecule has 0 radical (unpaired) electrons. The van der Waals surface area contributed by atoms with Crippen LogP contribution >= 0.6 is 0 Å². The molecule has 0 fully saturated rings. The van der Waals surface area contributed by atoms with Crippen LogP contribution < -0.4 is 10.9 Å². The molecular weight excluding hydrogens is 384 g/mol. The molecule has 0 saturated heterocycles. The van der Waals surface area contributed by atoms with Gasteiger partial charge >= 0.3 is 0 Å². The van der Waals surface area contributed by atoms with Crippen LogP contribution in [0.4, 0.5) is 0 Å². The predicted octanol–water partition coefficient (Wildman–Crippen LogP) is 2.63. The highest BCUT2D eigenvalue weighted by Crippen LogP contribution is 2.25. The average Bonchev–Trinajstić information content (AvgIpc) is 2.77. The monoisotopic (exact) mass is 402 g/mol. The Balaban J connectivity index is 1.67. The summed E-state index contributed by atoms with van der Waals surface area (Å²) in [4.78, 5) is 23.9. The summed E-state index contributed by atoms with van der Waals surface area (Å²) in [5.74, 6) is -1.29. The first kappa shape index (κ1) is 20.3. The summed E-state index contributed by atoms with van der Waals surface area (Å²) in [6.45, 7) is 0. The van der Waals surface area contributed by atoms with E-state index in [4.69, 9.17) is 0 Å². The highest BCUT2D eigenvalue weighted by Gasteiger charge is 2.08. The molecule has 0 atom stereocenters. The molecule has 0 aliphatic rings. The smallest absolute Gasteiger partial charge is 0.271 e. The van der Waals surface area contributed by atoms with Gasteiger partial charge in [-0.1, -0.05) is 36.4 Å². The first-order valence-electron chi connectivity index (χ1n) is 8.87. The first-order chi connectivity index (χ1) is 14.5. The van der Waals surface area contributed by atoms with Gasteiger partial charge in [0, 0.05) is 28.3 Å². The molecule has 0 saturated carbocycles. The van der Waals surface area contributed by atoms with E-state index in [1.807, 2.05) is 0 Å². The maximum absolute atomic E-state index is 12.0. The molecule has 150 valence electrons. The molecule has 4 N–H and O–H groups in total. The lowest BCUT2D eigenvalue weighted by molar-refractivity contribution is 0.0947. The van der Waals surface area contributed by atoms with Crippen molar-refractivity contribution < 1.29 is 19.8 Å². The quantitative estimate of drug-likeness (QED) is 0.374. The number of rotatable bonds is 6. The maximum Gasteiger partial charge on any atom is 0.271 e. The van der Waals surface area contributed by atoms with Gasteiger partial charge < -0.3 is 10.2 Å². The fourth-order valence-corrected chi connectivity index (χ4v) is 2.45. The number of phenols is 2. The summed E-state index contributed by atoms with van der Waals surface area (Å²) in [7, 11) is 0. The molecular formula is C22H18N4O4. The number of hydrogen-bond donors (Lipinski definition) is 4. The zero-order chi connectivity index (χ0) is 21.3. The molecule has 0 unspecified atom stereocenters. The topological polar surface area (TPSA) is 123 Å². The van der Waals surface area contributed by atoms with E-state index >= 15 is 0 Å². The van der Waals surface area contributed by atoms with Crippen LogP contribution in [0.5, 0.6) is 11.5 Å². The van der Waals surface area contributed by atoms with E-state index in [2.05, 4.69) is 21.1 Å². The van der Waals surface area contributed by atoms with Crippen LogP contribution in [0.1, 0.15) is 31.8 Å². The maximum atomic E-state index is 12.0. The Bertz CT molecular complexity index is 1010. The summed E-state index contributed by atoms with van der Waals surface area (Å²) < 4.78 is 0. The third-order valence-corrected chi connectivity index (χ3v) is 3.99. The number of hydrogen-bond acceptors (Lipinski definition) is 6. The third-order valence-electron chi connectivity index (χ3n) is 3.99. The average molecular weight is 402 g/mol. The van der Waals surface area contributed by atoms with Crippen LogP contribution in [0, 0.1) is 0 Å². The van der Waals surface area contributed by atoms with Crippen LogP contribution in [-0.4, -0.2) is 34.5 Å². The van der Waals surface area contributed by atoms with Crippen LogP contribution in [0.15, 0.2) is 83.0 Å². The van der Waals surface area contributed by atoms with Crippen molar-refractivity contribution in [1.29, 1.82) is 0 Å². The standard InChI is InChI=1S/C22H18N4O4/c27-19-12-20(28)18(14-24-26-22(30)16-9-5-2-6-10-16)11-17(19)13-23-25-21(29)15-7-3-1-4-8-15/h1-14,27-28H,(H,25,29)(H,26,30)/b23-13+,24-14+. The molecule has 3 aromatic rings. The van der Waals surface area contributed by atoms with Gasteiger partial charge in [-0.25, -0.2) is 10.9 Å². The minimum absolute atomic E-state index is 0.233. The molecule has 0 aliphatic carbocycles. The van der Waals surface area contributed by atoms with Crippen molar-refractivity contribution >= 4 is 24.2 Å². The van der Waals surface area contributed by atoms with Crippen LogP contribution in [0.25, 0.3) is 0 Å².